The average molecular weight is 507 g/mol. The van der Waals surface area contributed by atoms with E-state index in [1.807, 2.05) is 25.1 Å². The van der Waals surface area contributed by atoms with Gasteiger partial charge in [0.25, 0.3) is 0 Å². The van der Waals surface area contributed by atoms with Gasteiger partial charge in [0.05, 0.1) is 30.9 Å². The molecule has 0 aliphatic heterocycles. The summed E-state index contributed by atoms with van der Waals surface area (Å²) in [6, 6.07) is 10.2. The number of methoxy groups -OCH3 is 1. The van der Waals surface area contributed by atoms with E-state index in [4.69, 9.17) is 14.2 Å². The van der Waals surface area contributed by atoms with Gasteiger partial charge in [0.1, 0.15) is 5.75 Å². The normalized spacial score (nSPS) is 11.4. The van der Waals surface area contributed by atoms with Gasteiger partial charge in [-0.15, -0.1) is 0 Å². The summed E-state index contributed by atoms with van der Waals surface area (Å²) >= 11 is 0. The summed E-state index contributed by atoms with van der Waals surface area (Å²) in [7, 11) is -2.19. The Labute approximate surface area is 209 Å². The van der Waals surface area contributed by atoms with Crippen molar-refractivity contribution < 1.29 is 27.4 Å². The number of benzene rings is 2. The Kier molecular flexibility index (Phi) is 11.3. The number of amides is 1. The van der Waals surface area contributed by atoms with Gasteiger partial charge in [-0.3, -0.25) is 4.79 Å². The summed E-state index contributed by atoms with van der Waals surface area (Å²) < 4.78 is 44.0. The van der Waals surface area contributed by atoms with Crippen LogP contribution in [0.25, 0.3) is 0 Å². The summed E-state index contributed by atoms with van der Waals surface area (Å²) in [6.07, 6.45) is 2.71. The number of anilines is 1. The van der Waals surface area contributed by atoms with E-state index in [1.54, 1.807) is 19.9 Å². The van der Waals surface area contributed by atoms with Gasteiger partial charge in [-0.1, -0.05) is 33.3 Å². The Hall–Kier alpha value is -2.78. The van der Waals surface area contributed by atoms with Crippen molar-refractivity contribution in [2.75, 3.05) is 38.7 Å². The molecule has 0 aliphatic carbocycles. The minimum atomic E-state index is -3.66. The van der Waals surface area contributed by atoms with Gasteiger partial charge in [-0.2, -0.15) is 4.31 Å². The first kappa shape index (κ1) is 28.5. The van der Waals surface area contributed by atoms with Gasteiger partial charge in [0, 0.05) is 19.5 Å². The highest BCUT2D eigenvalue weighted by Gasteiger charge is 2.23. The van der Waals surface area contributed by atoms with Crippen LogP contribution in [0, 0.1) is 0 Å². The molecule has 1 N–H and O–H groups in total. The molecule has 2 aromatic carbocycles. The first-order valence-corrected chi connectivity index (χ1v) is 13.6. The van der Waals surface area contributed by atoms with Crippen molar-refractivity contribution in [3.63, 3.8) is 0 Å². The number of nitrogens with one attached hydrogen (secondary N) is 1. The van der Waals surface area contributed by atoms with Crippen LogP contribution >= 0.6 is 0 Å². The SMILES string of the molecule is CCCCOc1ccc(CCC(=O)Nc2cc(S(=O)(=O)N(CC)CC)ccc2OC)cc1OCC. The lowest BCUT2D eigenvalue weighted by molar-refractivity contribution is -0.116. The van der Waals surface area contributed by atoms with E-state index in [0.717, 1.165) is 18.4 Å². The van der Waals surface area contributed by atoms with Crippen molar-refractivity contribution in [1.82, 2.24) is 4.31 Å². The van der Waals surface area contributed by atoms with Gasteiger partial charge in [0.2, 0.25) is 15.9 Å². The van der Waals surface area contributed by atoms with Crippen molar-refractivity contribution in [2.45, 2.75) is 58.3 Å². The van der Waals surface area contributed by atoms with Crippen molar-refractivity contribution >= 4 is 21.6 Å². The maximum Gasteiger partial charge on any atom is 0.243 e. The highest BCUT2D eigenvalue weighted by atomic mass is 32.2. The summed E-state index contributed by atoms with van der Waals surface area (Å²) in [5.74, 6) is 1.51. The topological polar surface area (TPSA) is 94.2 Å². The molecule has 0 atom stereocenters. The summed E-state index contributed by atoms with van der Waals surface area (Å²) in [5.41, 5.74) is 1.26. The van der Waals surface area contributed by atoms with Gasteiger partial charge in [0.15, 0.2) is 11.5 Å². The van der Waals surface area contributed by atoms with Gasteiger partial charge < -0.3 is 19.5 Å². The molecular weight excluding hydrogens is 468 g/mol. The minimum Gasteiger partial charge on any atom is -0.495 e. The third-order valence-electron chi connectivity index (χ3n) is 5.49. The number of sulfonamides is 1. The summed E-state index contributed by atoms with van der Waals surface area (Å²) in [4.78, 5) is 12.8. The molecule has 0 aliphatic rings. The molecule has 0 heterocycles. The maximum absolute atomic E-state index is 12.9. The average Bonchev–Trinajstić information content (AvgIpc) is 2.84. The molecule has 0 fully saturated rings. The number of ether oxygens (including phenoxy) is 3. The first-order chi connectivity index (χ1) is 16.8. The highest BCUT2D eigenvalue weighted by Crippen LogP contribution is 2.31. The van der Waals surface area contributed by atoms with Crippen LogP contribution in [0.3, 0.4) is 0 Å². The van der Waals surface area contributed by atoms with E-state index >= 15 is 0 Å². The van der Waals surface area contributed by atoms with Crippen LogP contribution in [0.15, 0.2) is 41.3 Å². The Morgan fingerprint density at radius 2 is 1.66 bits per heavy atom. The van der Waals surface area contributed by atoms with Crippen molar-refractivity contribution in [3.8, 4) is 17.2 Å². The lowest BCUT2D eigenvalue weighted by Crippen LogP contribution is -2.30. The number of hydrogen-bond donors (Lipinski definition) is 1. The largest absolute Gasteiger partial charge is 0.495 e. The van der Waals surface area contributed by atoms with Crippen LogP contribution in [-0.4, -0.2) is 52.0 Å². The first-order valence-electron chi connectivity index (χ1n) is 12.2. The molecule has 0 saturated carbocycles. The zero-order valence-electron chi connectivity index (χ0n) is 21.4. The van der Waals surface area contributed by atoms with Crippen molar-refractivity contribution in [2.24, 2.45) is 0 Å². The minimum absolute atomic E-state index is 0.109. The predicted octanol–water partition coefficient (Wildman–Crippen LogP) is 4.87. The Bertz CT molecular complexity index is 1070. The molecule has 2 rings (SSSR count). The van der Waals surface area contributed by atoms with E-state index in [9.17, 15) is 13.2 Å². The van der Waals surface area contributed by atoms with Crippen molar-refractivity contribution in [1.29, 1.82) is 0 Å². The van der Waals surface area contributed by atoms with E-state index in [1.165, 1.54) is 23.5 Å². The molecular formula is C26H38N2O6S. The second-order valence-corrected chi connectivity index (χ2v) is 9.85. The van der Waals surface area contributed by atoms with E-state index in [-0.39, 0.29) is 17.2 Å². The molecule has 0 radical (unpaired) electrons. The Morgan fingerprint density at radius 3 is 2.29 bits per heavy atom. The van der Waals surface area contributed by atoms with Crippen LogP contribution in [0.2, 0.25) is 0 Å². The third kappa shape index (κ3) is 7.86. The second-order valence-electron chi connectivity index (χ2n) is 7.92. The van der Waals surface area contributed by atoms with Crippen LogP contribution in [-0.2, 0) is 21.2 Å². The molecule has 9 heteroatoms. The number of rotatable bonds is 15. The lowest BCUT2D eigenvalue weighted by Gasteiger charge is -2.19. The van der Waals surface area contributed by atoms with Gasteiger partial charge in [-0.05, 0) is 55.7 Å². The number of unbranched alkanes of at least 4 members (excludes halogenated alkanes) is 1. The summed E-state index contributed by atoms with van der Waals surface area (Å²) in [5, 5.41) is 2.80. The lowest BCUT2D eigenvalue weighted by atomic mass is 10.1. The standard InChI is InChI=1S/C26H38N2O6S/c1-6-10-17-34-24-14-11-20(18-25(24)33-9-4)12-16-26(29)27-22-19-21(13-15-23(22)32-5)35(30,31)28(7-2)8-3/h11,13-15,18-19H,6-10,12,16-17H2,1-5H3,(H,27,29). The number of carbonyl (C=O) groups is 1. The number of carbonyl (C=O) groups excluding carboxylic acids is 1. The highest BCUT2D eigenvalue weighted by molar-refractivity contribution is 7.89. The molecule has 2 aromatic rings. The molecule has 194 valence electrons. The molecule has 0 aromatic heterocycles. The molecule has 0 spiro atoms. The van der Waals surface area contributed by atoms with Crippen LogP contribution in [0.4, 0.5) is 5.69 Å². The maximum atomic E-state index is 12.9. The molecule has 1 amide bonds. The Morgan fingerprint density at radius 1 is 0.943 bits per heavy atom. The predicted molar refractivity (Wildman–Crippen MR) is 138 cm³/mol. The third-order valence-corrected chi connectivity index (χ3v) is 7.54. The fourth-order valence-corrected chi connectivity index (χ4v) is 5.04. The monoisotopic (exact) mass is 506 g/mol. The molecule has 35 heavy (non-hydrogen) atoms. The number of aryl methyl sites for hydroxylation is 1. The van der Waals surface area contributed by atoms with Crippen LogP contribution < -0.4 is 19.5 Å². The van der Waals surface area contributed by atoms with Crippen LogP contribution in [0.1, 0.15) is 52.5 Å². The molecule has 0 bridgehead atoms. The van der Waals surface area contributed by atoms with Crippen LogP contribution in [0.5, 0.6) is 17.2 Å². The van der Waals surface area contributed by atoms with E-state index in [0.29, 0.717) is 55.7 Å². The fraction of sp³-hybridized carbons (Fsp3) is 0.500. The Balaban J connectivity index is 2.13. The number of hydrogen-bond acceptors (Lipinski definition) is 6. The van der Waals surface area contributed by atoms with Gasteiger partial charge >= 0.3 is 0 Å². The quantitative estimate of drug-likeness (QED) is 0.346. The zero-order chi connectivity index (χ0) is 25.8. The van der Waals surface area contributed by atoms with Gasteiger partial charge in [-0.25, -0.2) is 8.42 Å². The van der Waals surface area contributed by atoms with Crippen molar-refractivity contribution in [3.05, 3.63) is 42.0 Å². The summed E-state index contributed by atoms with van der Waals surface area (Å²) in [6.45, 7) is 9.46. The number of nitrogens with zero attached hydrogens (tertiary/aromatic N) is 1. The molecule has 0 unspecified atom stereocenters. The zero-order valence-corrected chi connectivity index (χ0v) is 22.2. The van der Waals surface area contributed by atoms with E-state index < -0.39 is 10.0 Å². The van der Waals surface area contributed by atoms with E-state index in [2.05, 4.69) is 12.2 Å². The molecule has 0 saturated heterocycles. The second kappa shape index (κ2) is 13.9. The smallest absolute Gasteiger partial charge is 0.243 e. The fourth-order valence-electron chi connectivity index (χ4n) is 3.55. The molecule has 8 nitrogen and oxygen atoms in total.